The molecule has 0 spiro atoms. The Labute approximate surface area is 118 Å². The zero-order valence-corrected chi connectivity index (χ0v) is 14.2. The number of hydrogen-bond acceptors (Lipinski definition) is 0. The predicted octanol–water partition coefficient (Wildman–Crippen LogP) is 5.61. The smallest absolute Gasteiger partial charge is 0.0677 e. The fraction of sp³-hybridized carbons (Fsp3) is 0.400. The standard InChI is InChI=1S/C10H10Br4/c1-9(11,12)7-3-5-8(6-4-7)10(2,13)14/h3-6H,1-2H3. The van der Waals surface area contributed by atoms with Gasteiger partial charge in [-0.3, -0.25) is 0 Å². The molecule has 1 rings (SSSR count). The second-order valence-corrected chi connectivity index (χ2v) is 11.8. The largest absolute Gasteiger partial charge is 0.102 e. The third-order valence-electron chi connectivity index (χ3n) is 1.90. The van der Waals surface area contributed by atoms with Crippen molar-refractivity contribution in [2.45, 2.75) is 20.3 Å². The Kier molecular flexibility index (Phi) is 4.30. The van der Waals surface area contributed by atoms with Crippen LogP contribution in [0.25, 0.3) is 0 Å². The molecule has 1 aromatic carbocycles. The van der Waals surface area contributed by atoms with Gasteiger partial charge in [0.05, 0.1) is 0 Å². The van der Waals surface area contributed by atoms with E-state index in [0.717, 1.165) is 0 Å². The van der Waals surface area contributed by atoms with Gasteiger partial charge in [0.1, 0.15) is 6.47 Å². The van der Waals surface area contributed by atoms with Crippen molar-refractivity contribution in [2.75, 3.05) is 0 Å². The summed E-state index contributed by atoms with van der Waals surface area (Å²) in [6.45, 7) is 4.12. The summed E-state index contributed by atoms with van der Waals surface area (Å²) >= 11 is 14.2. The van der Waals surface area contributed by atoms with Gasteiger partial charge in [-0.2, -0.15) is 0 Å². The molecule has 0 unspecified atom stereocenters. The summed E-state index contributed by atoms with van der Waals surface area (Å²) in [5.41, 5.74) is 2.40. The molecule has 0 atom stereocenters. The lowest BCUT2D eigenvalue weighted by Gasteiger charge is -2.18. The summed E-state index contributed by atoms with van der Waals surface area (Å²) in [5, 5.41) is 0. The van der Waals surface area contributed by atoms with Crippen molar-refractivity contribution in [2.24, 2.45) is 0 Å². The summed E-state index contributed by atoms with van der Waals surface area (Å²) in [5.74, 6) is 0. The van der Waals surface area contributed by atoms with Crippen LogP contribution in [0.1, 0.15) is 25.0 Å². The van der Waals surface area contributed by atoms with Crippen molar-refractivity contribution in [3.8, 4) is 0 Å². The normalized spacial score (nSPS) is 13.0. The van der Waals surface area contributed by atoms with Crippen LogP contribution in [-0.4, -0.2) is 0 Å². The van der Waals surface area contributed by atoms with Crippen molar-refractivity contribution in [3.05, 3.63) is 35.4 Å². The lowest BCUT2D eigenvalue weighted by molar-refractivity contribution is 1.02. The molecule has 0 aliphatic heterocycles. The van der Waals surface area contributed by atoms with Crippen molar-refractivity contribution in [1.29, 1.82) is 0 Å². The van der Waals surface area contributed by atoms with Gasteiger partial charge in [-0.15, -0.1) is 0 Å². The van der Waals surface area contributed by atoms with E-state index in [1.54, 1.807) is 0 Å². The van der Waals surface area contributed by atoms with E-state index < -0.39 is 0 Å². The van der Waals surface area contributed by atoms with Crippen LogP contribution < -0.4 is 0 Å². The van der Waals surface area contributed by atoms with Gasteiger partial charge in [0.25, 0.3) is 0 Å². The van der Waals surface area contributed by atoms with Gasteiger partial charge in [-0.05, 0) is 25.0 Å². The van der Waals surface area contributed by atoms with Crippen molar-refractivity contribution in [1.82, 2.24) is 0 Å². The van der Waals surface area contributed by atoms with Crippen LogP contribution in [0.2, 0.25) is 0 Å². The van der Waals surface area contributed by atoms with Gasteiger partial charge in [-0.1, -0.05) is 88.0 Å². The number of benzene rings is 1. The molecule has 0 N–H and O–H groups in total. The van der Waals surface area contributed by atoms with E-state index in [-0.39, 0.29) is 6.47 Å². The van der Waals surface area contributed by atoms with Crippen LogP contribution in [0, 0.1) is 0 Å². The predicted molar refractivity (Wildman–Crippen MR) is 76.9 cm³/mol. The Morgan fingerprint density at radius 3 is 1.07 bits per heavy atom. The zero-order valence-electron chi connectivity index (χ0n) is 7.82. The van der Waals surface area contributed by atoms with E-state index >= 15 is 0 Å². The molecule has 4 heteroatoms. The topological polar surface area (TPSA) is 0 Å². The summed E-state index contributed by atoms with van der Waals surface area (Å²) in [6.07, 6.45) is 0. The molecule has 0 heterocycles. The highest BCUT2D eigenvalue weighted by molar-refractivity contribution is 9.25. The van der Waals surface area contributed by atoms with Crippen LogP contribution in [0.4, 0.5) is 0 Å². The van der Waals surface area contributed by atoms with Gasteiger partial charge in [0, 0.05) is 0 Å². The highest BCUT2D eigenvalue weighted by Gasteiger charge is 2.21. The molecule has 0 fully saturated rings. The Morgan fingerprint density at radius 2 is 0.929 bits per heavy atom. The Hall–Kier alpha value is 1.14. The molecule has 0 aliphatic carbocycles. The van der Waals surface area contributed by atoms with Crippen molar-refractivity contribution < 1.29 is 0 Å². The first-order valence-corrected chi connectivity index (χ1v) is 7.25. The van der Waals surface area contributed by atoms with E-state index in [2.05, 4.69) is 102 Å². The van der Waals surface area contributed by atoms with Gasteiger partial charge in [0.15, 0.2) is 0 Å². The highest BCUT2D eigenvalue weighted by Crippen LogP contribution is 2.40. The molecule has 0 nitrogen and oxygen atoms in total. The Bertz CT molecular complexity index is 269. The molecule has 14 heavy (non-hydrogen) atoms. The minimum absolute atomic E-state index is 0.145. The molecule has 0 radical (unpaired) electrons. The van der Waals surface area contributed by atoms with Crippen LogP contribution >= 0.6 is 63.7 Å². The molecule has 0 amide bonds. The third kappa shape index (κ3) is 3.62. The Morgan fingerprint density at radius 1 is 0.714 bits per heavy atom. The number of rotatable bonds is 2. The lowest BCUT2D eigenvalue weighted by atomic mass is 10.1. The average Bonchev–Trinajstić information content (AvgIpc) is 2.01. The second kappa shape index (κ2) is 4.56. The van der Waals surface area contributed by atoms with Crippen LogP contribution in [-0.2, 0) is 6.47 Å². The zero-order chi connectivity index (χ0) is 11.0. The molecule has 78 valence electrons. The van der Waals surface area contributed by atoms with E-state index in [4.69, 9.17) is 0 Å². The monoisotopic (exact) mass is 446 g/mol. The first-order valence-electron chi connectivity index (χ1n) is 4.08. The SMILES string of the molecule is CC(Br)(Br)c1ccc(C(C)(Br)Br)cc1. The maximum absolute atomic E-state index is 3.55. The lowest BCUT2D eigenvalue weighted by Crippen LogP contribution is -2.05. The maximum Gasteiger partial charge on any atom is 0.102 e. The van der Waals surface area contributed by atoms with E-state index in [9.17, 15) is 0 Å². The molecular weight excluding hydrogens is 440 g/mol. The van der Waals surface area contributed by atoms with E-state index in [1.165, 1.54) is 11.1 Å². The fourth-order valence-electron chi connectivity index (χ4n) is 1.06. The van der Waals surface area contributed by atoms with Gasteiger partial charge >= 0.3 is 0 Å². The summed E-state index contributed by atoms with van der Waals surface area (Å²) in [7, 11) is 0. The first kappa shape index (κ1) is 13.2. The van der Waals surface area contributed by atoms with Gasteiger partial charge < -0.3 is 0 Å². The van der Waals surface area contributed by atoms with Crippen LogP contribution in [0.3, 0.4) is 0 Å². The summed E-state index contributed by atoms with van der Waals surface area (Å²) < 4.78 is -0.291. The highest BCUT2D eigenvalue weighted by atomic mass is 79.9. The number of hydrogen-bond donors (Lipinski definition) is 0. The summed E-state index contributed by atoms with van der Waals surface area (Å²) in [6, 6.07) is 8.39. The van der Waals surface area contributed by atoms with Gasteiger partial charge in [0.2, 0.25) is 0 Å². The Balaban J connectivity index is 3.02. The van der Waals surface area contributed by atoms with Gasteiger partial charge in [-0.25, -0.2) is 0 Å². The van der Waals surface area contributed by atoms with Crippen LogP contribution in [0.5, 0.6) is 0 Å². The summed E-state index contributed by atoms with van der Waals surface area (Å²) in [4.78, 5) is 0. The molecule has 1 aromatic rings. The van der Waals surface area contributed by atoms with Crippen molar-refractivity contribution >= 4 is 63.7 Å². The second-order valence-electron chi connectivity index (χ2n) is 3.35. The molecule has 0 bridgehead atoms. The van der Waals surface area contributed by atoms with Crippen molar-refractivity contribution in [3.63, 3.8) is 0 Å². The molecular formula is C10H10Br4. The molecule has 0 aromatic heterocycles. The minimum atomic E-state index is -0.145. The molecule has 0 aliphatic rings. The number of alkyl halides is 4. The average molecular weight is 450 g/mol. The number of halogens is 4. The fourth-order valence-corrected chi connectivity index (χ4v) is 2.11. The maximum atomic E-state index is 3.55. The quantitative estimate of drug-likeness (QED) is 0.515. The molecule has 0 saturated heterocycles. The molecule has 0 saturated carbocycles. The minimum Gasteiger partial charge on any atom is -0.0677 e. The third-order valence-corrected chi connectivity index (χ3v) is 3.73. The first-order chi connectivity index (χ1) is 6.21. The van der Waals surface area contributed by atoms with E-state index in [0.29, 0.717) is 0 Å². The van der Waals surface area contributed by atoms with Crippen LogP contribution in [0.15, 0.2) is 24.3 Å². The van der Waals surface area contributed by atoms with E-state index in [1.807, 2.05) is 0 Å².